The molecule has 0 bridgehead atoms. The fourth-order valence-electron chi connectivity index (χ4n) is 1.29. The minimum atomic E-state index is 0.592. The van der Waals surface area contributed by atoms with Gasteiger partial charge in [-0.15, -0.1) is 0 Å². The Morgan fingerprint density at radius 3 is 2.43 bits per heavy atom. The molecule has 14 heavy (non-hydrogen) atoms. The molecule has 0 heterocycles. The van der Waals surface area contributed by atoms with Gasteiger partial charge < -0.3 is 14.8 Å². The molecular weight excluding hydrogens is 178 g/mol. The van der Waals surface area contributed by atoms with Crippen molar-refractivity contribution in [3.8, 4) is 0 Å². The lowest BCUT2D eigenvalue weighted by atomic mass is 9.98. The average molecular weight is 203 g/mol. The van der Waals surface area contributed by atoms with E-state index in [-0.39, 0.29) is 0 Å². The molecule has 0 amide bonds. The fraction of sp³-hybridized carbons (Fsp3) is 1.00. The Kier molecular flexibility index (Phi) is 9.35. The lowest BCUT2D eigenvalue weighted by Crippen LogP contribution is -2.28. The Morgan fingerprint density at radius 1 is 1.14 bits per heavy atom. The maximum absolute atomic E-state index is 5.39. The van der Waals surface area contributed by atoms with Gasteiger partial charge in [-0.1, -0.05) is 6.92 Å². The van der Waals surface area contributed by atoms with Gasteiger partial charge in [0.05, 0.1) is 13.2 Å². The summed E-state index contributed by atoms with van der Waals surface area (Å²) in [5.74, 6) is 0.714. The van der Waals surface area contributed by atoms with Crippen molar-refractivity contribution in [2.24, 2.45) is 5.92 Å². The van der Waals surface area contributed by atoms with Crippen LogP contribution in [0.15, 0.2) is 0 Å². The van der Waals surface area contributed by atoms with Crippen molar-refractivity contribution < 1.29 is 9.47 Å². The summed E-state index contributed by atoms with van der Waals surface area (Å²) in [5.41, 5.74) is 0. The average Bonchev–Trinajstić information content (AvgIpc) is 2.21. The highest BCUT2D eigenvalue weighted by Gasteiger charge is 2.08. The Bertz CT molecular complexity index is 120. The van der Waals surface area contributed by atoms with Crippen LogP contribution < -0.4 is 5.32 Å². The molecule has 0 spiro atoms. The predicted molar refractivity (Wildman–Crippen MR) is 59.6 cm³/mol. The normalized spacial score (nSPS) is 15.4. The van der Waals surface area contributed by atoms with Gasteiger partial charge in [-0.05, 0) is 32.7 Å². The van der Waals surface area contributed by atoms with Gasteiger partial charge in [-0.3, -0.25) is 0 Å². The molecule has 3 nitrogen and oxygen atoms in total. The molecule has 0 saturated carbocycles. The largest absolute Gasteiger partial charge is 0.382 e. The van der Waals surface area contributed by atoms with Gasteiger partial charge in [0.15, 0.2) is 0 Å². The Hall–Kier alpha value is -0.120. The molecule has 0 aromatic heterocycles. The summed E-state index contributed by atoms with van der Waals surface area (Å²) in [4.78, 5) is 0. The molecule has 3 heteroatoms. The van der Waals surface area contributed by atoms with Crippen LogP contribution in [0.1, 0.15) is 26.7 Å². The fourth-order valence-corrected chi connectivity index (χ4v) is 1.29. The molecule has 0 radical (unpaired) electrons. The topological polar surface area (TPSA) is 30.5 Å². The maximum Gasteiger partial charge on any atom is 0.0700 e. The smallest absolute Gasteiger partial charge is 0.0700 e. The van der Waals surface area contributed by atoms with Crippen LogP contribution >= 0.6 is 0 Å². The molecule has 0 aliphatic heterocycles. The molecule has 0 aliphatic rings. The second-order valence-corrected chi connectivity index (χ2v) is 3.80. The second kappa shape index (κ2) is 9.44. The van der Waals surface area contributed by atoms with Crippen molar-refractivity contribution in [3.63, 3.8) is 0 Å². The van der Waals surface area contributed by atoms with Gasteiger partial charge in [-0.2, -0.15) is 0 Å². The van der Waals surface area contributed by atoms with E-state index >= 15 is 0 Å². The first-order chi connectivity index (χ1) is 6.72. The quantitative estimate of drug-likeness (QED) is 0.578. The lowest BCUT2D eigenvalue weighted by molar-refractivity contribution is 0.0670. The van der Waals surface area contributed by atoms with Crippen LogP contribution in [0.5, 0.6) is 0 Å². The Balaban J connectivity index is 3.18. The van der Waals surface area contributed by atoms with Crippen molar-refractivity contribution in [3.05, 3.63) is 0 Å². The van der Waals surface area contributed by atoms with E-state index in [4.69, 9.17) is 9.47 Å². The summed E-state index contributed by atoms with van der Waals surface area (Å²) in [6, 6.07) is 0.592. The zero-order valence-electron chi connectivity index (χ0n) is 10.0. The number of nitrogens with one attached hydrogen (secondary N) is 1. The van der Waals surface area contributed by atoms with Gasteiger partial charge in [0.1, 0.15) is 0 Å². The molecule has 86 valence electrons. The molecule has 0 rings (SSSR count). The van der Waals surface area contributed by atoms with E-state index in [9.17, 15) is 0 Å². The van der Waals surface area contributed by atoms with Crippen molar-refractivity contribution in [1.29, 1.82) is 0 Å². The SMILES string of the molecule is CNC(C)C(C)CCCOCCOC. The molecule has 0 aromatic rings. The number of methoxy groups -OCH3 is 1. The van der Waals surface area contributed by atoms with Crippen molar-refractivity contribution in [1.82, 2.24) is 5.32 Å². The van der Waals surface area contributed by atoms with Gasteiger partial charge in [0, 0.05) is 19.8 Å². The third kappa shape index (κ3) is 7.30. The minimum absolute atomic E-state index is 0.592. The van der Waals surface area contributed by atoms with E-state index < -0.39 is 0 Å². The third-order valence-electron chi connectivity index (χ3n) is 2.69. The zero-order valence-corrected chi connectivity index (χ0v) is 10.0. The lowest BCUT2D eigenvalue weighted by Gasteiger charge is -2.18. The van der Waals surface area contributed by atoms with Crippen LogP contribution in [0.25, 0.3) is 0 Å². The highest BCUT2D eigenvalue weighted by Crippen LogP contribution is 2.09. The molecule has 2 atom stereocenters. The van der Waals surface area contributed by atoms with E-state index in [1.165, 1.54) is 6.42 Å². The van der Waals surface area contributed by atoms with Crippen molar-refractivity contribution in [2.75, 3.05) is 34.0 Å². The van der Waals surface area contributed by atoms with Crippen molar-refractivity contribution in [2.45, 2.75) is 32.7 Å². The first-order valence-corrected chi connectivity index (χ1v) is 5.46. The first-order valence-electron chi connectivity index (χ1n) is 5.46. The van der Waals surface area contributed by atoms with Crippen LogP contribution in [-0.2, 0) is 9.47 Å². The first kappa shape index (κ1) is 13.9. The minimum Gasteiger partial charge on any atom is -0.382 e. The van der Waals surface area contributed by atoms with Crippen LogP contribution in [0.3, 0.4) is 0 Å². The monoisotopic (exact) mass is 203 g/mol. The molecule has 0 saturated heterocycles. The summed E-state index contributed by atoms with van der Waals surface area (Å²) >= 11 is 0. The van der Waals surface area contributed by atoms with E-state index in [0.717, 1.165) is 13.0 Å². The van der Waals surface area contributed by atoms with Gasteiger partial charge in [0.2, 0.25) is 0 Å². The Labute approximate surface area is 88.2 Å². The van der Waals surface area contributed by atoms with Crippen LogP contribution in [0.2, 0.25) is 0 Å². The summed E-state index contributed by atoms with van der Waals surface area (Å²) in [5, 5.41) is 3.27. The van der Waals surface area contributed by atoms with Gasteiger partial charge >= 0.3 is 0 Å². The number of ether oxygens (including phenoxy) is 2. The Morgan fingerprint density at radius 2 is 1.86 bits per heavy atom. The molecule has 2 unspecified atom stereocenters. The predicted octanol–water partition coefficient (Wildman–Crippen LogP) is 1.67. The summed E-state index contributed by atoms with van der Waals surface area (Å²) < 4.78 is 10.3. The van der Waals surface area contributed by atoms with E-state index in [1.807, 2.05) is 7.05 Å². The van der Waals surface area contributed by atoms with Gasteiger partial charge in [0.25, 0.3) is 0 Å². The standard InChI is InChI=1S/C11H25NO2/c1-10(11(2)12-3)6-5-7-14-9-8-13-4/h10-12H,5-9H2,1-4H3. The van der Waals surface area contributed by atoms with Gasteiger partial charge in [-0.25, -0.2) is 0 Å². The highest BCUT2D eigenvalue weighted by molar-refractivity contribution is 4.65. The summed E-state index contributed by atoms with van der Waals surface area (Å²) in [7, 11) is 3.70. The third-order valence-corrected chi connectivity index (χ3v) is 2.69. The highest BCUT2D eigenvalue weighted by atomic mass is 16.5. The summed E-state index contributed by atoms with van der Waals surface area (Å²) in [6.45, 7) is 6.76. The summed E-state index contributed by atoms with van der Waals surface area (Å²) in [6.07, 6.45) is 2.35. The number of hydrogen-bond donors (Lipinski definition) is 1. The number of hydrogen-bond acceptors (Lipinski definition) is 3. The van der Waals surface area contributed by atoms with E-state index in [0.29, 0.717) is 25.2 Å². The maximum atomic E-state index is 5.39. The zero-order chi connectivity index (χ0) is 10.8. The molecule has 0 aliphatic carbocycles. The van der Waals surface area contributed by atoms with Crippen LogP contribution in [-0.4, -0.2) is 40.0 Å². The molecule has 1 N–H and O–H groups in total. The van der Waals surface area contributed by atoms with E-state index in [2.05, 4.69) is 19.2 Å². The second-order valence-electron chi connectivity index (χ2n) is 3.80. The van der Waals surface area contributed by atoms with Crippen LogP contribution in [0, 0.1) is 5.92 Å². The molecule has 0 aromatic carbocycles. The van der Waals surface area contributed by atoms with Crippen LogP contribution in [0.4, 0.5) is 0 Å². The van der Waals surface area contributed by atoms with E-state index in [1.54, 1.807) is 7.11 Å². The van der Waals surface area contributed by atoms with Crippen molar-refractivity contribution >= 4 is 0 Å². The molecule has 0 fully saturated rings. The molecular formula is C11H25NO2. The number of rotatable bonds is 9.